The minimum Gasteiger partial charge on any atom is -0.486 e. The molecule has 6 heteroatoms. The molecule has 1 aliphatic rings. The van der Waals surface area contributed by atoms with Crippen molar-refractivity contribution < 1.29 is 9.84 Å². The highest BCUT2D eigenvalue weighted by atomic mass is 35.5. The van der Waals surface area contributed by atoms with Gasteiger partial charge in [0.25, 0.3) is 0 Å². The second-order valence-corrected chi connectivity index (χ2v) is 5.46. The fraction of sp³-hybridized carbons (Fsp3) is 0.333. The van der Waals surface area contributed by atoms with Gasteiger partial charge in [-0.1, -0.05) is 23.7 Å². The molecule has 0 amide bonds. The number of benzene rings is 1. The van der Waals surface area contributed by atoms with Crippen LogP contribution in [0.2, 0.25) is 5.02 Å². The van der Waals surface area contributed by atoms with E-state index in [1.54, 1.807) is 12.4 Å². The van der Waals surface area contributed by atoms with Gasteiger partial charge in [-0.25, -0.2) is 9.97 Å². The Balaban J connectivity index is 1.58. The topological polar surface area (TPSA) is 58.5 Å². The van der Waals surface area contributed by atoms with Crippen LogP contribution in [0, 0.1) is 0 Å². The van der Waals surface area contributed by atoms with E-state index in [2.05, 4.69) is 9.97 Å². The summed E-state index contributed by atoms with van der Waals surface area (Å²) in [5.41, 5.74) is 1.03. The zero-order valence-electron chi connectivity index (χ0n) is 11.4. The molecule has 0 radical (unpaired) electrons. The SMILES string of the molecule is O[C@@H]1CCN(c2ncc(OCc3ccc(Cl)cc3)cn2)C1. The van der Waals surface area contributed by atoms with Crippen LogP contribution in [0.15, 0.2) is 36.7 Å². The number of hydrogen-bond donors (Lipinski definition) is 1. The molecular formula is C15H16ClN3O2. The minimum absolute atomic E-state index is 0.283. The summed E-state index contributed by atoms with van der Waals surface area (Å²) in [5, 5.41) is 10.2. The predicted octanol–water partition coefficient (Wildman–Crippen LogP) is 2.28. The second kappa shape index (κ2) is 6.28. The van der Waals surface area contributed by atoms with Crippen LogP contribution >= 0.6 is 11.6 Å². The Kier molecular flexibility index (Phi) is 4.22. The lowest BCUT2D eigenvalue weighted by molar-refractivity contribution is 0.198. The third-order valence-electron chi connectivity index (χ3n) is 3.38. The fourth-order valence-electron chi connectivity index (χ4n) is 2.22. The maximum absolute atomic E-state index is 9.51. The number of aliphatic hydroxyl groups is 1. The number of anilines is 1. The number of rotatable bonds is 4. The van der Waals surface area contributed by atoms with Gasteiger partial charge in [0.2, 0.25) is 5.95 Å². The van der Waals surface area contributed by atoms with Crippen molar-refractivity contribution in [2.75, 3.05) is 18.0 Å². The summed E-state index contributed by atoms with van der Waals surface area (Å²) in [6.45, 7) is 1.82. The lowest BCUT2D eigenvalue weighted by atomic mass is 10.2. The van der Waals surface area contributed by atoms with Crippen molar-refractivity contribution >= 4 is 17.5 Å². The van der Waals surface area contributed by atoms with Crippen LogP contribution < -0.4 is 9.64 Å². The largest absolute Gasteiger partial charge is 0.486 e. The molecule has 2 heterocycles. The average Bonchev–Trinajstić information content (AvgIpc) is 2.94. The summed E-state index contributed by atoms with van der Waals surface area (Å²) < 4.78 is 5.63. The summed E-state index contributed by atoms with van der Waals surface area (Å²) in [4.78, 5) is 10.5. The van der Waals surface area contributed by atoms with E-state index in [1.165, 1.54) is 0 Å². The van der Waals surface area contributed by atoms with Gasteiger partial charge in [0.15, 0.2) is 5.75 Å². The molecule has 110 valence electrons. The summed E-state index contributed by atoms with van der Waals surface area (Å²) >= 11 is 5.84. The molecule has 21 heavy (non-hydrogen) atoms. The number of nitrogens with zero attached hydrogens (tertiary/aromatic N) is 3. The Bertz CT molecular complexity index is 589. The maximum atomic E-state index is 9.51. The number of β-amino-alcohol motifs (C(OH)–C–C–N with tert-alkyl or cyclic N) is 1. The van der Waals surface area contributed by atoms with Crippen molar-refractivity contribution in [3.63, 3.8) is 0 Å². The first-order chi connectivity index (χ1) is 10.2. The Morgan fingerprint density at radius 1 is 1.24 bits per heavy atom. The third-order valence-corrected chi connectivity index (χ3v) is 3.63. The first-order valence-electron chi connectivity index (χ1n) is 6.83. The van der Waals surface area contributed by atoms with Crippen LogP contribution in [0.1, 0.15) is 12.0 Å². The number of ether oxygens (including phenoxy) is 1. The van der Waals surface area contributed by atoms with E-state index in [4.69, 9.17) is 16.3 Å². The zero-order chi connectivity index (χ0) is 14.7. The first kappa shape index (κ1) is 14.1. The minimum atomic E-state index is -0.283. The summed E-state index contributed by atoms with van der Waals surface area (Å²) in [6, 6.07) is 7.50. The van der Waals surface area contributed by atoms with Crippen LogP contribution in [0.25, 0.3) is 0 Å². The molecule has 2 aromatic rings. The molecule has 1 aliphatic heterocycles. The maximum Gasteiger partial charge on any atom is 0.225 e. The Labute approximate surface area is 128 Å². The average molecular weight is 306 g/mol. The van der Waals surface area contributed by atoms with E-state index in [0.717, 1.165) is 18.5 Å². The molecule has 0 aliphatic carbocycles. The normalized spacial score (nSPS) is 18.0. The molecule has 1 N–H and O–H groups in total. The summed E-state index contributed by atoms with van der Waals surface area (Å²) in [5.74, 6) is 1.25. The highest BCUT2D eigenvalue weighted by molar-refractivity contribution is 6.30. The molecule has 1 atom stereocenters. The van der Waals surface area contributed by atoms with Crippen LogP contribution in [0.5, 0.6) is 5.75 Å². The Hall–Kier alpha value is -1.85. The fourth-order valence-corrected chi connectivity index (χ4v) is 2.34. The number of aromatic nitrogens is 2. The molecular weight excluding hydrogens is 290 g/mol. The lowest BCUT2D eigenvalue weighted by Gasteiger charge is -2.15. The van der Waals surface area contributed by atoms with E-state index in [1.807, 2.05) is 29.2 Å². The molecule has 0 bridgehead atoms. The molecule has 0 unspecified atom stereocenters. The molecule has 1 fully saturated rings. The van der Waals surface area contributed by atoms with Gasteiger partial charge in [0.05, 0.1) is 18.5 Å². The summed E-state index contributed by atoms with van der Waals surface area (Å²) in [7, 11) is 0. The smallest absolute Gasteiger partial charge is 0.225 e. The first-order valence-corrected chi connectivity index (χ1v) is 7.21. The van der Waals surface area contributed by atoms with Crippen molar-refractivity contribution in [1.29, 1.82) is 0 Å². The van der Waals surface area contributed by atoms with Crippen molar-refractivity contribution in [3.05, 3.63) is 47.2 Å². The van der Waals surface area contributed by atoms with E-state index in [9.17, 15) is 5.11 Å². The predicted molar refractivity (Wildman–Crippen MR) is 80.7 cm³/mol. The molecule has 1 saturated heterocycles. The van der Waals surface area contributed by atoms with Crippen LogP contribution in [0.3, 0.4) is 0 Å². The van der Waals surface area contributed by atoms with Gasteiger partial charge in [0.1, 0.15) is 6.61 Å². The standard InChI is InChI=1S/C15H16ClN3O2/c16-12-3-1-11(2-4-12)10-21-14-7-17-15(18-8-14)19-6-5-13(20)9-19/h1-4,7-8,13,20H,5-6,9-10H2/t13-/m1/s1. The molecule has 0 saturated carbocycles. The zero-order valence-corrected chi connectivity index (χ0v) is 12.2. The number of aliphatic hydroxyl groups excluding tert-OH is 1. The van der Waals surface area contributed by atoms with Crippen molar-refractivity contribution in [3.8, 4) is 5.75 Å². The molecule has 1 aromatic heterocycles. The van der Waals surface area contributed by atoms with E-state index < -0.39 is 0 Å². The molecule has 1 aromatic carbocycles. The molecule has 0 spiro atoms. The van der Waals surface area contributed by atoms with E-state index in [0.29, 0.717) is 29.9 Å². The van der Waals surface area contributed by atoms with Gasteiger partial charge in [0, 0.05) is 18.1 Å². The highest BCUT2D eigenvalue weighted by Gasteiger charge is 2.22. The van der Waals surface area contributed by atoms with Gasteiger partial charge < -0.3 is 14.7 Å². The second-order valence-electron chi connectivity index (χ2n) is 5.02. The Morgan fingerprint density at radius 2 is 1.95 bits per heavy atom. The highest BCUT2D eigenvalue weighted by Crippen LogP contribution is 2.18. The summed E-state index contributed by atoms with van der Waals surface area (Å²) in [6.07, 6.45) is 3.79. The number of hydrogen-bond acceptors (Lipinski definition) is 5. The van der Waals surface area contributed by atoms with Crippen LogP contribution in [0.4, 0.5) is 5.95 Å². The Morgan fingerprint density at radius 3 is 2.57 bits per heavy atom. The van der Waals surface area contributed by atoms with E-state index in [-0.39, 0.29) is 6.10 Å². The third kappa shape index (κ3) is 3.62. The van der Waals surface area contributed by atoms with Gasteiger partial charge in [-0.3, -0.25) is 0 Å². The van der Waals surface area contributed by atoms with Gasteiger partial charge in [-0.15, -0.1) is 0 Å². The van der Waals surface area contributed by atoms with Crippen molar-refractivity contribution in [1.82, 2.24) is 9.97 Å². The quantitative estimate of drug-likeness (QED) is 0.939. The van der Waals surface area contributed by atoms with E-state index >= 15 is 0 Å². The lowest BCUT2D eigenvalue weighted by Crippen LogP contribution is -2.23. The van der Waals surface area contributed by atoms with Crippen LogP contribution in [-0.2, 0) is 6.61 Å². The number of halogens is 1. The van der Waals surface area contributed by atoms with Crippen molar-refractivity contribution in [2.24, 2.45) is 0 Å². The molecule has 3 rings (SSSR count). The molecule has 5 nitrogen and oxygen atoms in total. The van der Waals surface area contributed by atoms with Gasteiger partial charge in [-0.05, 0) is 24.1 Å². The van der Waals surface area contributed by atoms with Crippen LogP contribution in [-0.4, -0.2) is 34.3 Å². The van der Waals surface area contributed by atoms with Gasteiger partial charge in [-0.2, -0.15) is 0 Å². The van der Waals surface area contributed by atoms with Crippen molar-refractivity contribution in [2.45, 2.75) is 19.1 Å². The monoisotopic (exact) mass is 305 g/mol. The van der Waals surface area contributed by atoms with Gasteiger partial charge >= 0.3 is 0 Å².